The van der Waals surface area contributed by atoms with E-state index in [1.54, 1.807) is 48.7 Å². The van der Waals surface area contributed by atoms with E-state index in [4.69, 9.17) is 34.7 Å². The number of nitrogens with one attached hydrogen (secondary N) is 1. The average Bonchev–Trinajstić information content (AvgIpc) is 2.81. The van der Waals surface area contributed by atoms with Gasteiger partial charge in [-0.25, -0.2) is 0 Å². The number of primary amides is 2. The zero-order chi connectivity index (χ0) is 23.6. The van der Waals surface area contributed by atoms with Gasteiger partial charge in [0.2, 0.25) is 11.8 Å². The van der Waals surface area contributed by atoms with Crippen molar-refractivity contribution in [3.8, 4) is 11.3 Å². The summed E-state index contributed by atoms with van der Waals surface area (Å²) in [6.45, 7) is 1.79. The Labute approximate surface area is 203 Å². The van der Waals surface area contributed by atoms with Crippen LogP contribution < -0.4 is 16.8 Å². The standard InChI is InChI=1S/C25H26Cl2N4O2/c26-19-5-4-17(13-18(19)20-3-1-2-10-31-20)25(23(29)33)9-8-24(22(28)32,15-21(25)27)14-16-6-11-30-12-7-16/h1-5,8-10,13,15-16,30H,6-7,11-12,14H2,(H2,28,32)(H2,29,33). The Morgan fingerprint density at radius 3 is 2.42 bits per heavy atom. The lowest BCUT2D eigenvalue weighted by Gasteiger charge is -2.38. The van der Waals surface area contributed by atoms with Crippen LogP contribution in [0.3, 0.4) is 0 Å². The van der Waals surface area contributed by atoms with Crippen molar-refractivity contribution in [2.75, 3.05) is 13.1 Å². The molecular formula is C25H26Cl2N4O2. The number of nitrogens with two attached hydrogens (primary N) is 2. The predicted molar refractivity (Wildman–Crippen MR) is 130 cm³/mol. The molecule has 2 atom stereocenters. The van der Waals surface area contributed by atoms with Crippen molar-refractivity contribution in [1.82, 2.24) is 10.3 Å². The highest BCUT2D eigenvalue weighted by Gasteiger charge is 2.47. The molecule has 1 aromatic carbocycles. The molecule has 33 heavy (non-hydrogen) atoms. The number of halogens is 2. The van der Waals surface area contributed by atoms with Crippen molar-refractivity contribution in [3.05, 3.63) is 76.4 Å². The number of aromatic nitrogens is 1. The van der Waals surface area contributed by atoms with E-state index in [0.717, 1.165) is 25.9 Å². The van der Waals surface area contributed by atoms with Gasteiger partial charge in [-0.2, -0.15) is 0 Å². The molecule has 2 unspecified atom stereocenters. The van der Waals surface area contributed by atoms with E-state index in [-0.39, 0.29) is 5.03 Å². The number of nitrogens with zero attached hydrogens (tertiary/aromatic N) is 1. The molecule has 5 N–H and O–H groups in total. The fraction of sp³-hybridized carbons (Fsp3) is 0.320. The Balaban J connectivity index is 1.78. The van der Waals surface area contributed by atoms with E-state index in [9.17, 15) is 9.59 Å². The Morgan fingerprint density at radius 2 is 1.82 bits per heavy atom. The van der Waals surface area contributed by atoms with Crippen LogP contribution in [0, 0.1) is 11.3 Å². The van der Waals surface area contributed by atoms with Crippen molar-refractivity contribution in [2.24, 2.45) is 22.8 Å². The van der Waals surface area contributed by atoms with Gasteiger partial charge in [0.1, 0.15) is 5.41 Å². The van der Waals surface area contributed by atoms with Gasteiger partial charge in [0.05, 0.1) is 11.1 Å². The molecule has 1 aliphatic heterocycles. The lowest BCUT2D eigenvalue weighted by molar-refractivity contribution is -0.125. The van der Waals surface area contributed by atoms with Crippen LogP contribution in [-0.2, 0) is 15.0 Å². The maximum Gasteiger partial charge on any atom is 0.237 e. The van der Waals surface area contributed by atoms with Crippen LogP contribution in [0.25, 0.3) is 11.3 Å². The van der Waals surface area contributed by atoms with Gasteiger partial charge < -0.3 is 16.8 Å². The van der Waals surface area contributed by atoms with E-state index in [1.807, 2.05) is 12.1 Å². The number of benzene rings is 1. The van der Waals surface area contributed by atoms with Crippen LogP contribution in [0.15, 0.2) is 65.9 Å². The normalized spacial score (nSPS) is 25.5. The molecule has 2 aliphatic rings. The largest absolute Gasteiger partial charge is 0.369 e. The van der Waals surface area contributed by atoms with Gasteiger partial charge in [0.15, 0.2) is 0 Å². The summed E-state index contributed by atoms with van der Waals surface area (Å²) in [5, 5.41) is 3.96. The van der Waals surface area contributed by atoms with Gasteiger partial charge >= 0.3 is 0 Å². The molecule has 1 saturated heterocycles. The Hall–Kier alpha value is -2.67. The van der Waals surface area contributed by atoms with Crippen molar-refractivity contribution in [1.29, 1.82) is 0 Å². The third-order valence-corrected chi connectivity index (χ3v) is 7.42. The fourth-order valence-corrected chi connectivity index (χ4v) is 5.43. The number of carbonyl (C=O) groups excluding carboxylic acids is 2. The summed E-state index contributed by atoms with van der Waals surface area (Å²) in [4.78, 5) is 29.8. The average molecular weight is 485 g/mol. The molecule has 172 valence electrons. The number of hydrogen-bond acceptors (Lipinski definition) is 4. The molecule has 2 amide bonds. The van der Waals surface area contributed by atoms with E-state index < -0.39 is 22.6 Å². The van der Waals surface area contributed by atoms with E-state index in [0.29, 0.717) is 34.2 Å². The first kappa shape index (κ1) is 23.5. The van der Waals surface area contributed by atoms with E-state index >= 15 is 0 Å². The second-order valence-electron chi connectivity index (χ2n) is 8.71. The molecule has 0 radical (unpaired) electrons. The highest BCUT2D eigenvalue weighted by molar-refractivity contribution is 6.34. The molecule has 0 bridgehead atoms. The molecule has 0 saturated carbocycles. The Morgan fingerprint density at radius 1 is 1.06 bits per heavy atom. The van der Waals surface area contributed by atoms with Gasteiger partial charge in [-0.1, -0.05) is 47.5 Å². The van der Waals surface area contributed by atoms with Crippen molar-refractivity contribution in [3.63, 3.8) is 0 Å². The van der Waals surface area contributed by atoms with E-state index in [2.05, 4.69) is 10.3 Å². The number of pyridine rings is 1. The van der Waals surface area contributed by atoms with Gasteiger partial charge in [-0.3, -0.25) is 14.6 Å². The summed E-state index contributed by atoms with van der Waals surface area (Å²) >= 11 is 13.2. The molecule has 1 aromatic heterocycles. The topological polar surface area (TPSA) is 111 Å². The molecule has 1 aliphatic carbocycles. The maximum absolute atomic E-state index is 12.9. The number of amides is 2. The summed E-state index contributed by atoms with van der Waals surface area (Å²) in [6, 6.07) is 10.7. The Kier molecular flexibility index (Phi) is 6.61. The zero-order valence-corrected chi connectivity index (χ0v) is 19.6. The monoisotopic (exact) mass is 484 g/mol. The van der Waals surface area contributed by atoms with Crippen LogP contribution in [-0.4, -0.2) is 29.9 Å². The second kappa shape index (κ2) is 9.29. The first-order chi connectivity index (χ1) is 15.8. The zero-order valence-electron chi connectivity index (χ0n) is 18.1. The van der Waals surface area contributed by atoms with Crippen molar-refractivity contribution < 1.29 is 9.59 Å². The fourth-order valence-electron chi connectivity index (χ4n) is 4.75. The third kappa shape index (κ3) is 4.31. The molecule has 8 heteroatoms. The Bertz CT molecular complexity index is 1130. The summed E-state index contributed by atoms with van der Waals surface area (Å²) < 4.78 is 0. The highest BCUT2D eigenvalue weighted by Crippen LogP contribution is 2.47. The molecule has 1 fully saturated rings. The van der Waals surface area contributed by atoms with Gasteiger partial charge in [0.25, 0.3) is 0 Å². The van der Waals surface area contributed by atoms with Crippen LogP contribution >= 0.6 is 23.2 Å². The first-order valence-corrected chi connectivity index (χ1v) is 11.7. The maximum atomic E-state index is 12.9. The minimum Gasteiger partial charge on any atom is -0.369 e. The predicted octanol–water partition coefficient (Wildman–Crippen LogP) is 3.68. The highest BCUT2D eigenvalue weighted by atomic mass is 35.5. The van der Waals surface area contributed by atoms with Gasteiger partial charge in [0, 0.05) is 21.8 Å². The summed E-state index contributed by atoms with van der Waals surface area (Å²) in [7, 11) is 0. The minimum absolute atomic E-state index is 0.152. The molecule has 0 spiro atoms. The van der Waals surface area contributed by atoms with Crippen LogP contribution in [0.2, 0.25) is 5.02 Å². The van der Waals surface area contributed by atoms with Gasteiger partial charge in [-0.05, 0) is 74.2 Å². The van der Waals surface area contributed by atoms with Gasteiger partial charge in [-0.15, -0.1) is 0 Å². The lowest BCUT2D eigenvalue weighted by Crippen LogP contribution is -2.46. The second-order valence-corrected chi connectivity index (χ2v) is 9.52. The smallest absolute Gasteiger partial charge is 0.237 e. The quantitative estimate of drug-likeness (QED) is 0.542. The molecule has 6 nitrogen and oxygen atoms in total. The van der Waals surface area contributed by atoms with Crippen LogP contribution in [0.5, 0.6) is 0 Å². The number of hydrogen-bond donors (Lipinski definition) is 3. The lowest BCUT2D eigenvalue weighted by atomic mass is 9.67. The molecule has 4 rings (SSSR count). The van der Waals surface area contributed by atoms with Crippen LogP contribution in [0.4, 0.5) is 0 Å². The number of rotatable bonds is 6. The number of piperidine rings is 1. The molecular weight excluding hydrogens is 459 g/mol. The molecule has 2 aromatic rings. The minimum atomic E-state index is -1.44. The number of carbonyl (C=O) groups is 2. The molecule has 2 heterocycles. The summed E-state index contributed by atoms with van der Waals surface area (Å²) in [5.74, 6) is -0.843. The summed E-state index contributed by atoms with van der Waals surface area (Å²) in [5.41, 5.74) is 11.1. The van der Waals surface area contributed by atoms with Crippen molar-refractivity contribution >= 4 is 35.0 Å². The first-order valence-electron chi connectivity index (χ1n) is 10.9. The third-order valence-electron chi connectivity index (χ3n) is 6.69. The van der Waals surface area contributed by atoms with Crippen LogP contribution in [0.1, 0.15) is 24.8 Å². The SMILES string of the molecule is NC(=O)C1(CC2CCNCC2)C=CC(C(N)=O)(c2ccc(Cl)c(-c3ccccn3)c2)C(Cl)=C1. The summed E-state index contributed by atoms with van der Waals surface area (Å²) in [6.07, 6.45) is 9.01. The van der Waals surface area contributed by atoms with E-state index in [1.165, 1.54) is 0 Å². The van der Waals surface area contributed by atoms with Crippen molar-refractivity contribution in [2.45, 2.75) is 24.7 Å².